The topological polar surface area (TPSA) is 67.2 Å². The van der Waals surface area contributed by atoms with Crippen molar-refractivity contribution in [3.63, 3.8) is 0 Å². The van der Waals surface area contributed by atoms with Crippen molar-refractivity contribution in [2.75, 3.05) is 0 Å². The summed E-state index contributed by atoms with van der Waals surface area (Å²) in [6.45, 7) is 0. The molecule has 2 unspecified atom stereocenters. The molecule has 2 aliphatic rings. The molecule has 1 N–H and O–H groups in total. The second-order valence-corrected chi connectivity index (χ2v) is 6.79. The molecule has 2 aromatic rings. The minimum absolute atomic E-state index is 0.0862. The normalized spacial score (nSPS) is 22.7. The van der Waals surface area contributed by atoms with Crippen molar-refractivity contribution in [3.8, 4) is 0 Å². The van der Waals surface area contributed by atoms with Crippen LogP contribution in [-0.2, 0) is 11.8 Å². The highest BCUT2D eigenvalue weighted by molar-refractivity contribution is 9.10. The fourth-order valence-corrected chi connectivity index (χ4v) is 3.94. The highest BCUT2D eigenvalue weighted by Gasteiger charge is 2.44. The van der Waals surface area contributed by atoms with Gasteiger partial charge in [-0.2, -0.15) is 0 Å². The minimum Gasteiger partial charge on any atom is -0.299 e. The van der Waals surface area contributed by atoms with Crippen LogP contribution in [0.25, 0.3) is 0 Å². The first-order valence-corrected chi connectivity index (χ1v) is 8.10. The van der Waals surface area contributed by atoms with E-state index in [-0.39, 0.29) is 17.2 Å². The Hall–Kier alpha value is -2.02. The average molecular weight is 378 g/mol. The first kappa shape index (κ1) is 14.6. The van der Waals surface area contributed by atoms with Gasteiger partial charge < -0.3 is 0 Å². The Morgan fingerprint density at radius 1 is 1.30 bits per heavy atom. The van der Waals surface area contributed by atoms with Crippen LogP contribution in [0.5, 0.6) is 0 Å². The molecule has 2 atom stereocenters. The number of ketones is 1. The zero-order valence-electron chi connectivity index (χ0n) is 12.3. The molecule has 0 spiro atoms. The van der Waals surface area contributed by atoms with Gasteiger partial charge in [-0.1, -0.05) is 6.07 Å². The number of aromatic nitrogens is 2. The highest BCUT2D eigenvalue weighted by atomic mass is 79.9. The molecule has 5 nitrogen and oxygen atoms in total. The number of halogens is 2. The molecule has 1 aromatic carbocycles. The van der Waals surface area contributed by atoms with Crippen molar-refractivity contribution >= 4 is 33.2 Å². The number of nitrogens with zero attached hydrogens (tertiary/aromatic N) is 2. The number of H-pyrrole nitrogens is 1. The molecule has 0 bridgehead atoms. The quantitative estimate of drug-likeness (QED) is 0.829. The standard InChI is InChI=1S/C16H13BrFN3O2/c1-21-16(23)14-12(7-2-3-9(18)8(17)6-7)13-10(4-5-11(13)22)19-15(14)20-21/h2-3,6,12-13,20H,4-5H2,1H3. The van der Waals surface area contributed by atoms with Crippen molar-refractivity contribution in [2.24, 2.45) is 18.0 Å². The van der Waals surface area contributed by atoms with Gasteiger partial charge in [0.2, 0.25) is 0 Å². The van der Waals surface area contributed by atoms with E-state index in [4.69, 9.17) is 0 Å². The second-order valence-electron chi connectivity index (χ2n) is 5.94. The molecule has 1 aliphatic carbocycles. The smallest absolute Gasteiger partial charge is 0.272 e. The first-order valence-electron chi connectivity index (χ1n) is 7.31. The maximum atomic E-state index is 13.6. The van der Waals surface area contributed by atoms with Crippen LogP contribution in [0.2, 0.25) is 0 Å². The van der Waals surface area contributed by atoms with E-state index in [9.17, 15) is 14.0 Å². The van der Waals surface area contributed by atoms with E-state index in [0.29, 0.717) is 28.7 Å². The maximum absolute atomic E-state index is 13.6. The van der Waals surface area contributed by atoms with E-state index in [2.05, 4.69) is 26.0 Å². The Morgan fingerprint density at radius 2 is 2.09 bits per heavy atom. The number of fused-ring (bicyclic) bond motifs is 2. The van der Waals surface area contributed by atoms with E-state index in [1.807, 2.05) is 0 Å². The van der Waals surface area contributed by atoms with Gasteiger partial charge >= 0.3 is 0 Å². The largest absolute Gasteiger partial charge is 0.299 e. The molecule has 2 heterocycles. The molecule has 118 valence electrons. The van der Waals surface area contributed by atoms with Crippen LogP contribution >= 0.6 is 15.9 Å². The summed E-state index contributed by atoms with van der Waals surface area (Å²) in [5.41, 5.74) is 1.82. The Balaban J connectivity index is 1.98. The number of aliphatic imine (C=N–C) groups is 1. The molecular weight excluding hydrogens is 365 g/mol. The van der Waals surface area contributed by atoms with Crippen LogP contribution in [0.4, 0.5) is 10.2 Å². The lowest BCUT2D eigenvalue weighted by atomic mass is 9.78. The van der Waals surface area contributed by atoms with Gasteiger partial charge in [0.05, 0.1) is 16.0 Å². The third kappa shape index (κ3) is 2.06. The van der Waals surface area contributed by atoms with Gasteiger partial charge in [0.15, 0.2) is 5.82 Å². The number of rotatable bonds is 1. The molecule has 0 radical (unpaired) electrons. The van der Waals surface area contributed by atoms with Gasteiger partial charge in [0.1, 0.15) is 11.6 Å². The minimum atomic E-state index is -0.427. The van der Waals surface area contributed by atoms with E-state index < -0.39 is 11.8 Å². The average Bonchev–Trinajstić information content (AvgIpc) is 3.02. The number of hydrogen-bond donors (Lipinski definition) is 1. The summed E-state index contributed by atoms with van der Waals surface area (Å²) in [5, 5.41) is 2.94. The SMILES string of the molecule is Cn1[nH]c2c(c1=O)C(c1ccc(F)c(Br)c1)C1C(=O)CCC1=N2. The van der Waals surface area contributed by atoms with E-state index in [0.717, 1.165) is 11.3 Å². The van der Waals surface area contributed by atoms with Crippen LogP contribution in [0.15, 0.2) is 32.5 Å². The van der Waals surface area contributed by atoms with Crippen molar-refractivity contribution in [1.82, 2.24) is 9.78 Å². The molecule has 23 heavy (non-hydrogen) atoms. The van der Waals surface area contributed by atoms with Gasteiger partial charge in [0, 0.05) is 25.1 Å². The number of aromatic amines is 1. The van der Waals surface area contributed by atoms with E-state index in [1.165, 1.54) is 10.7 Å². The van der Waals surface area contributed by atoms with Gasteiger partial charge in [-0.15, -0.1) is 0 Å². The summed E-state index contributed by atoms with van der Waals surface area (Å²) >= 11 is 3.18. The van der Waals surface area contributed by atoms with Crippen LogP contribution in [0.1, 0.15) is 29.9 Å². The Morgan fingerprint density at radius 3 is 2.83 bits per heavy atom. The lowest BCUT2D eigenvalue weighted by Crippen LogP contribution is -2.30. The first-order chi connectivity index (χ1) is 11.0. The molecule has 1 aromatic heterocycles. The Labute approximate surface area is 139 Å². The molecule has 1 aliphatic heterocycles. The predicted molar refractivity (Wildman–Crippen MR) is 86.8 cm³/mol. The van der Waals surface area contributed by atoms with E-state index >= 15 is 0 Å². The molecule has 1 fully saturated rings. The zero-order valence-corrected chi connectivity index (χ0v) is 13.9. The summed E-state index contributed by atoms with van der Waals surface area (Å²) in [4.78, 5) is 29.4. The number of carbonyl (C=O) groups excluding carboxylic acids is 1. The monoisotopic (exact) mass is 377 g/mol. The van der Waals surface area contributed by atoms with Crippen LogP contribution < -0.4 is 5.56 Å². The number of aryl methyl sites for hydroxylation is 1. The van der Waals surface area contributed by atoms with Gasteiger partial charge in [-0.3, -0.25) is 19.4 Å². The van der Waals surface area contributed by atoms with Gasteiger partial charge in [-0.25, -0.2) is 9.38 Å². The fraction of sp³-hybridized carbons (Fsp3) is 0.312. The highest BCUT2D eigenvalue weighted by Crippen LogP contribution is 2.44. The summed E-state index contributed by atoms with van der Waals surface area (Å²) < 4.78 is 15.3. The third-order valence-electron chi connectivity index (χ3n) is 4.60. The molecule has 1 saturated carbocycles. The van der Waals surface area contributed by atoms with Crippen LogP contribution in [0, 0.1) is 11.7 Å². The van der Waals surface area contributed by atoms with Crippen LogP contribution in [0.3, 0.4) is 0 Å². The van der Waals surface area contributed by atoms with Crippen molar-refractivity contribution in [3.05, 3.63) is 50.0 Å². The Kier molecular flexibility index (Phi) is 3.16. The summed E-state index contributed by atoms with van der Waals surface area (Å²) in [6, 6.07) is 4.63. The van der Waals surface area contributed by atoms with Crippen molar-refractivity contribution < 1.29 is 9.18 Å². The summed E-state index contributed by atoms with van der Waals surface area (Å²) in [5.74, 6) is -0.636. The van der Waals surface area contributed by atoms with E-state index in [1.54, 1.807) is 19.2 Å². The fourth-order valence-electron chi connectivity index (χ4n) is 3.54. The van der Waals surface area contributed by atoms with Crippen LogP contribution in [-0.4, -0.2) is 21.3 Å². The predicted octanol–water partition coefficient (Wildman–Crippen LogP) is 2.81. The lowest BCUT2D eigenvalue weighted by Gasteiger charge is -2.26. The summed E-state index contributed by atoms with van der Waals surface area (Å²) in [6.07, 6.45) is 1.05. The summed E-state index contributed by atoms with van der Waals surface area (Å²) in [7, 11) is 1.62. The third-order valence-corrected chi connectivity index (χ3v) is 5.21. The maximum Gasteiger partial charge on any atom is 0.272 e. The molecule has 4 rings (SSSR count). The molecule has 0 amide bonds. The number of Topliss-reactive ketones (excluding diaryl/α,β-unsaturated/α-hetero) is 1. The second kappa shape index (κ2) is 4.99. The Bertz CT molecular complexity index is 928. The molecule has 0 saturated heterocycles. The number of benzene rings is 1. The molecular formula is C16H13BrFN3O2. The number of carbonyl (C=O) groups is 1. The van der Waals surface area contributed by atoms with Gasteiger partial charge in [0.25, 0.3) is 5.56 Å². The van der Waals surface area contributed by atoms with Crippen molar-refractivity contribution in [2.45, 2.75) is 18.8 Å². The zero-order chi connectivity index (χ0) is 16.3. The van der Waals surface area contributed by atoms with Gasteiger partial charge in [-0.05, 0) is 40.0 Å². The molecule has 7 heteroatoms. The van der Waals surface area contributed by atoms with Crippen molar-refractivity contribution in [1.29, 1.82) is 0 Å². The lowest BCUT2D eigenvalue weighted by molar-refractivity contribution is -0.120. The number of nitrogens with one attached hydrogen (secondary N) is 1. The number of hydrogen-bond acceptors (Lipinski definition) is 3.